The number of sulfonamides is 1. The first-order valence-corrected chi connectivity index (χ1v) is 7.86. The molecule has 0 unspecified atom stereocenters. The fourth-order valence-corrected chi connectivity index (χ4v) is 2.47. The molecule has 1 aromatic rings. The lowest BCUT2D eigenvalue weighted by molar-refractivity contribution is 0.0696. The maximum absolute atomic E-state index is 11.9. The minimum absolute atomic E-state index is 0.0380. The molecular weight excluding hydrogens is 282 g/mol. The van der Waals surface area contributed by atoms with Gasteiger partial charge in [-0.3, -0.25) is 0 Å². The van der Waals surface area contributed by atoms with Crippen LogP contribution in [0.4, 0.5) is 0 Å². The lowest BCUT2D eigenvalue weighted by Gasteiger charge is -2.07. The lowest BCUT2D eigenvalue weighted by atomic mass is 10.2. The van der Waals surface area contributed by atoms with Crippen molar-refractivity contribution in [1.82, 2.24) is 4.72 Å². The van der Waals surface area contributed by atoms with Crippen LogP contribution >= 0.6 is 0 Å². The summed E-state index contributed by atoms with van der Waals surface area (Å²) in [6.07, 6.45) is 1.98. The van der Waals surface area contributed by atoms with Crippen molar-refractivity contribution < 1.29 is 23.1 Å². The van der Waals surface area contributed by atoms with Crippen LogP contribution in [0.5, 0.6) is 0 Å². The second-order valence-electron chi connectivity index (χ2n) is 4.19. The molecule has 6 nitrogen and oxygen atoms in total. The number of benzene rings is 1. The number of nitrogens with one attached hydrogen (secondary N) is 1. The summed E-state index contributed by atoms with van der Waals surface area (Å²) in [4.78, 5) is 10.7. The third-order valence-corrected chi connectivity index (χ3v) is 4.07. The van der Waals surface area contributed by atoms with Crippen LogP contribution in [0, 0.1) is 0 Å². The molecule has 0 radical (unpaired) electrons. The second kappa shape index (κ2) is 7.98. The Morgan fingerprint density at radius 3 is 2.45 bits per heavy atom. The van der Waals surface area contributed by atoms with Crippen molar-refractivity contribution >= 4 is 16.0 Å². The number of unbranched alkanes of at least 4 members (excludes halogenated alkanes) is 1. The van der Waals surface area contributed by atoms with Gasteiger partial charge >= 0.3 is 5.97 Å². The summed E-state index contributed by atoms with van der Waals surface area (Å²) in [7, 11) is -3.62. The zero-order valence-electron chi connectivity index (χ0n) is 11.3. The van der Waals surface area contributed by atoms with E-state index in [1.165, 1.54) is 24.3 Å². The van der Waals surface area contributed by atoms with Gasteiger partial charge in [0.15, 0.2) is 0 Å². The molecule has 0 bridgehead atoms. The highest BCUT2D eigenvalue weighted by molar-refractivity contribution is 7.89. The minimum atomic E-state index is -3.62. The summed E-state index contributed by atoms with van der Waals surface area (Å²) >= 11 is 0. The van der Waals surface area contributed by atoms with Gasteiger partial charge in [-0.2, -0.15) is 0 Å². The molecule has 0 aliphatic rings. The molecule has 0 aromatic heterocycles. The predicted molar refractivity (Wildman–Crippen MR) is 74.3 cm³/mol. The molecule has 1 rings (SSSR count). The van der Waals surface area contributed by atoms with Crippen LogP contribution in [-0.4, -0.2) is 39.3 Å². The molecule has 0 aliphatic carbocycles. The van der Waals surface area contributed by atoms with Gasteiger partial charge in [0.25, 0.3) is 0 Å². The average Bonchev–Trinajstić information content (AvgIpc) is 2.43. The average molecular weight is 301 g/mol. The number of carboxylic acids is 1. The van der Waals surface area contributed by atoms with Crippen molar-refractivity contribution in [2.45, 2.75) is 24.7 Å². The van der Waals surface area contributed by atoms with Gasteiger partial charge < -0.3 is 9.84 Å². The standard InChI is InChI=1S/C13H19NO5S/c1-2-3-9-19-10-8-14-20(17,18)12-6-4-11(5-7-12)13(15)16/h4-7,14H,2-3,8-10H2,1H3,(H,15,16). The van der Waals surface area contributed by atoms with Crippen LogP contribution in [-0.2, 0) is 14.8 Å². The SMILES string of the molecule is CCCCOCCNS(=O)(=O)c1ccc(C(=O)O)cc1. The first-order valence-electron chi connectivity index (χ1n) is 6.38. The molecule has 0 aliphatic heterocycles. The topological polar surface area (TPSA) is 92.7 Å². The molecule has 0 amide bonds. The molecule has 7 heteroatoms. The van der Waals surface area contributed by atoms with E-state index in [1.807, 2.05) is 6.92 Å². The van der Waals surface area contributed by atoms with Crippen molar-refractivity contribution in [2.24, 2.45) is 0 Å². The number of aromatic carboxylic acids is 1. The molecule has 112 valence electrons. The summed E-state index contributed by atoms with van der Waals surface area (Å²) in [5, 5.41) is 8.74. The first-order chi connectivity index (χ1) is 9.47. The Labute approximate surface area is 118 Å². The van der Waals surface area contributed by atoms with Crippen molar-refractivity contribution in [3.63, 3.8) is 0 Å². The highest BCUT2D eigenvalue weighted by Gasteiger charge is 2.13. The van der Waals surface area contributed by atoms with E-state index in [-0.39, 0.29) is 17.0 Å². The zero-order valence-corrected chi connectivity index (χ0v) is 12.1. The monoisotopic (exact) mass is 301 g/mol. The summed E-state index contributed by atoms with van der Waals surface area (Å²) in [6, 6.07) is 5.05. The van der Waals surface area contributed by atoms with E-state index < -0.39 is 16.0 Å². The van der Waals surface area contributed by atoms with Crippen molar-refractivity contribution in [1.29, 1.82) is 0 Å². The van der Waals surface area contributed by atoms with Crippen LogP contribution < -0.4 is 4.72 Å². The van der Waals surface area contributed by atoms with Gasteiger partial charge in [0.1, 0.15) is 0 Å². The number of carbonyl (C=O) groups is 1. The maximum Gasteiger partial charge on any atom is 0.335 e. The third kappa shape index (κ3) is 5.28. The van der Waals surface area contributed by atoms with E-state index in [4.69, 9.17) is 9.84 Å². The molecule has 0 saturated carbocycles. The van der Waals surface area contributed by atoms with Crippen molar-refractivity contribution in [3.05, 3.63) is 29.8 Å². The Kier molecular flexibility index (Phi) is 6.63. The minimum Gasteiger partial charge on any atom is -0.478 e. The van der Waals surface area contributed by atoms with Crippen molar-refractivity contribution in [3.8, 4) is 0 Å². The Bertz CT molecular complexity index is 524. The maximum atomic E-state index is 11.9. The smallest absolute Gasteiger partial charge is 0.335 e. The van der Waals surface area contributed by atoms with Gasteiger partial charge in [0.05, 0.1) is 17.1 Å². The third-order valence-electron chi connectivity index (χ3n) is 2.59. The van der Waals surface area contributed by atoms with Crippen LogP contribution in [0.15, 0.2) is 29.2 Å². The molecule has 0 atom stereocenters. The first kappa shape index (κ1) is 16.6. The highest BCUT2D eigenvalue weighted by Crippen LogP contribution is 2.10. The molecule has 20 heavy (non-hydrogen) atoms. The van der Waals surface area contributed by atoms with Gasteiger partial charge in [0, 0.05) is 13.2 Å². The fraction of sp³-hybridized carbons (Fsp3) is 0.462. The quantitative estimate of drug-likeness (QED) is 0.674. The normalized spacial score (nSPS) is 11.4. The molecule has 0 saturated heterocycles. The van der Waals surface area contributed by atoms with Crippen LogP contribution in [0.2, 0.25) is 0 Å². The zero-order chi connectivity index (χ0) is 15.0. The van der Waals surface area contributed by atoms with Gasteiger partial charge in [-0.05, 0) is 30.7 Å². The van der Waals surface area contributed by atoms with Crippen molar-refractivity contribution in [2.75, 3.05) is 19.8 Å². The van der Waals surface area contributed by atoms with Crippen LogP contribution in [0.25, 0.3) is 0 Å². The van der Waals surface area contributed by atoms with E-state index in [1.54, 1.807) is 0 Å². The Hall–Kier alpha value is -1.44. The summed E-state index contributed by atoms with van der Waals surface area (Å²) in [5.74, 6) is -1.09. The Morgan fingerprint density at radius 2 is 1.90 bits per heavy atom. The van der Waals surface area contributed by atoms with E-state index in [9.17, 15) is 13.2 Å². The molecule has 0 spiro atoms. The summed E-state index contributed by atoms with van der Waals surface area (Å²) in [5.41, 5.74) is 0.0480. The van der Waals surface area contributed by atoms with E-state index in [0.29, 0.717) is 13.2 Å². The molecular formula is C13H19NO5S. The van der Waals surface area contributed by atoms with Gasteiger partial charge in [0.2, 0.25) is 10.0 Å². The largest absolute Gasteiger partial charge is 0.478 e. The van der Waals surface area contributed by atoms with E-state index in [0.717, 1.165) is 12.8 Å². The number of ether oxygens (including phenoxy) is 1. The number of carboxylic acid groups (broad SMARTS) is 1. The highest BCUT2D eigenvalue weighted by atomic mass is 32.2. The predicted octanol–water partition coefficient (Wildman–Crippen LogP) is 1.48. The van der Waals surface area contributed by atoms with E-state index >= 15 is 0 Å². The summed E-state index contributed by atoms with van der Waals surface area (Å²) < 4.78 is 31.4. The fourth-order valence-electron chi connectivity index (χ4n) is 1.46. The van der Waals surface area contributed by atoms with Gasteiger partial charge in [-0.25, -0.2) is 17.9 Å². The van der Waals surface area contributed by atoms with Crippen LogP contribution in [0.3, 0.4) is 0 Å². The van der Waals surface area contributed by atoms with Crippen LogP contribution in [0.1, 0.15) is 30.1 Å². The Morgan fingerprint density at radius 1 is 1.25 bits per heavy atom. The molecule has 1 aromatic carbocycles. The molecule has 0 fully saturated rings. The Balaban J connectivity index is 2.49. The second-order valence-corrected chi connectivity index (χ2v) is 5.96. The molecule has 0 heterocycles. The number of hydrogen-bond acceptors (Lipinski definition) is 4. The molecule has 2 N–H and O–H groups in total. The van der Waals surface area contributed by atoms with Gasteiger partial charge in [-0.1, -0.05) is 13.3 Å². The number of rotatable bonds is 9. The van der Waals surface area contributed by atoms with Gasteiger partial charge in [-0.15, -0.1) is 0 Å². The number of hydrogen-bond donors (Lipinski definition) is 2. The lowest BCUT2D eigenvalue weighted by Crippen LogP contribution is -2.27. The summed E-state index contributed by atoms with van der Waals surface area (Å²) in [6.45, 7) is 3.16. The van der Waals surface area contributed by atoms with E-state index in [2.05, 4.69) is 4.72 Å².